The molecule has 1 saturated carbocycles. The molecular formula is C50H53F2N13O6. The van der Waals surface area contributed by atoms with Crippen molar-refractivity contribution in [1.82, 2.24) is 49.8 Å². The predicted molar refractivity (Wildman–Crippen MR) is 255 cm³/mol. The van der Waals surface area contributed by atoms with E-state index in [1.165, 1.54) is 30.6 Å². The normalized spacial score (nSPS) is 22.4. The summed E-state index contributed by atoms with van der Waals surface area (Å²) < 4.78 is 31.0. The number of hydrogen-bond donors (Lipinski definition) is 3. The topological polar surface area (TPSA) is 211 Å². The van der Waals surface area contributed by atoms with Crippen molar-refractivity contribution in [2.75, 3.05) is 74.0 Å². The minimum atomic E-state index is -1.13. The molecule has 8 heterocycles. The largest absolute Gasteiger partial charge is 0.369 e. The number of imide groups is 2. The molecular weight excluding hydrogens is 917 g/mol. The van der Waals surface area contributed by atoms with Crippen LogP contribution >= 0.6 is 0 Å². The number of piperidine rings is 3. The smallest absolute Gasteiger partial charge is 0.270 e. The van der Waals surface area contributed by atoms with E-state index in [1.54, 1.807) is 6.33 Å². The van der Waals surface area contributed by atoms with Crippen molar-refractivity contribution in [3.63, 3.8) is 0 Å². The van der Waals surface area contributed by atoms with Crippen LogP contribution in [0.4, 0.5) is 31.7 Å². The molecule has 0 spiro atoms. The SMILES string of the molecule is O=C1CC[C@H](N2C(=O)c3cc(F)c(N4CCC(C(=O)N5CCC(CN6CCN(c7ccc(Nc8ncnc9c8ncn9C8CC(NC(=O)c9cccc(F)n9)C8)cc7)CC6)CC5)CC4)cc3C2=O)C(=O)N1. The highest BCUT2D eigenvalue weighted by molar-refractivity contribution is 6.23. The van der Waals surface area contributed by atoms with Gasteiger partial charge in [0.1, 0.15) is 23.9 Å². The molecule has 4 saturated heterocycles. The number of fused-ring (bicyclic) bond motifs is 2. The van der Waals surface area contributed by atoms with E-state index in [1.807, 2.05) is 26.5 Å². The minimum Gasteiger partial charge on any atom is -0.369 e. The number of nitrogens with one attached hydrogen (secondary N) is 3. The van der Waals surface area contributed by atoms with Crippen molar-refractivity contribution in [2.45, 2.75) is 69.5 Å². The molecule has 5 aromatic rings. The predicted octanol–water partition coefficient (Wildman–Crippen LogP) is 4.06. The van der Waals surface area contributed by atoms with E-state index in [0.717, 1.165) is 67.9 Å². The number of piperazine rings is 1. The number of pyridine rings is 1. The van der Waals surface area contributed by atoms with Crippen LogP contribution in [0.15, 0.2) is 67.3 Å². The van der Waals surface area contributed by atoms with E-state index in [0.29, 0.717) is 74.8 Å². The van der Waals surface area contributed by atoms with Crippen molar-refractivity contribution in [3.05, 3.63) is 95.8 Å². The molecule has 1 aliphatic carbocycles. The molecule has 2 aromatic carbocycles. The van der Waals surface area contributed by atoms with E-state index < -0.39 is 47.3 Å². The number of carbonyl (C=O) groups is 6. The maximum absolute atomic E-state index is 15.5. The molecule has 6 aliphatic rings. The zero-order valence-electron chi connectivity index (χ0n) is 38.9. The first-order chi connectivity index (χ1) is 34.4. The van der Waals surface area contributed by atoms with Gasteiger partial charge in [-0.25, -0.2) is 24.3 Å². The van der Waals surface area contributed by atoms with Crippen molar-refractivity contribution >= 4 is 69.5 Å². The number of rotatable bonds is 11. The van der Waals surface area contributed by atoms with E-state index in [2.05, 4.69) is 57.8 Å². The summed E-state index contributed by atoms with van der Waals surface area (Å²) in [6.45, 7) is 6.98. The third kappa shape index (κ3) is 9.13. The van der Waals surface area contributed by atoms with E-state index >= 15 is 4.39 Å². The number of amides is 6. The fraction of sp³-hybridized carbons (Fsp3) is 0.440. The molecule has 71 heavy (non-hydrogen) atoms. The van der Waals surface area contributed by atoms with Gasteiger partial charge in [0, 0.05) is 94.7 Å². The third-order valence-corrected chi connectivity index (χ3v) is 15.2. The molecule has 6 amide bonds. The summed E-state index contributed by atoms with van der Waals surface area (Å²) in [6, 6.07) is 13.8. The van der Waals surface area contributed by atoms with Gasteiger partial charge in [0.15, 0.2) is 17.0 Å². The number of likely N-dealkylation sites (tertiary alicyclic amines) is 1. The number of imidazole rings is 1. The highest BCUT2D eigenvalue weighted by Gasteiger charge is 2.46. The van der Waals surface area contributed by atoms with Crippen LogP contribution < -0.4 is 25.8 Å². The summed E-state index contributed by atoms with van der Waals surface area (Å²) in [5, 5.41) is 8.51. The molecule has 11 rings (SSSR count). The Hall–Kier alpha value is -7.42. The second kappa shape index (κ2) is 19.1. The lowest BCUT2D eigenvalue weighted by Crippen LogP contribution is -2.54. The van der Waals surface area contributed by atoms with E-state index in [4.69, 9.17) is 0 Å². The van der Waals surface area contributed by atoms with Gasteiger partial charge < -0.3 is 29.9 Å². The van der Waals surface area contributed by atoms with Gasteiger partial charge in [-0.1, -0.05) is 6.07 Å². The van der Waals surface area contributed by atoms with Gasteiger partial charge in [-0.15, -0.1) is 0 Å². The quantitative estimate of drug-likeness (QED) is 0.126. The summed E-state index contributed by atoms with van der Waals surface area (Å²) in [4.78, 5) is 104. The first kappa shape index (κ1) is 46.0. The molecule has 3 N–H and O–H groups in total. The van der Waals surface area contributed by atoms with Crippen molar-refractivity contribution in [1.29, 1.82) is 0 Å². The summed E-state index contributed by atoms with van der Waals surface area (Å²) in [6.07, 6.45) is 7.63. The molecule has 5 aliphatic heterocycles. The fourth-order valence-electron chi connectivity index (χ4n) is 11.1. The van der Waals surface area contributed by atoms with Crippen LogP contribution in [0, 0.1) is 23.6 Å². The van der Waals surface area contributed by atoms with Gasteiger partial charge in [-0.05, 0) is 99.4 Å². The van der Waals surface area contributed by atoms with Crippen LogP contribution in [0.3, 0.4) is 0 Å². The Balaban J connectivity index is 0.608. The van der Waals surface area contributed by atoms with Gasteiger partial charge in [-0.3, -0.25) is 43.9 Å². The number of hydrogen-bond acceptors (Lipinski definition) is 14. The lowest BCUT2D eigenvalue weighted by Gasteiger charge is -2.41. The first-order valence-corrected chi connectivity index (χ1v) is 24.5. The van der Waals surface area contributed by atoms with Crippen LogP contribution in [0.25, 0.3) is 11.2 Å². The molecule has 19 nitrogen and oxygen atoms in total. The Kier molecular flexibility index (Phi) is 12.3. The van der Waals surface area contributed by atoms with E-state index in [-0.39, 0.29) is 59.3 Å². The summed E-state index contributed by atoms with van der Waals surface area (Å²) in [7, 11) is 0. The van der Waals surface area contributed by atoms with Crippen LogP contribution in [0.1, 0.15) is 88.6 Å². The highest BCUT2D eigenvalue weighted by Crippen LogP contribution is 2.37. The second-order valence-corrected chi connectivity index (χ2v) is 19.5. The van der Waals surface area contributed by atoms with E-state index in [9.17, 15) is 33.2 Å². The zero-order chi connectivity index (χ0) is 48.9. The van der Waals surface area contributed by atoms with Crippen LogP contribution in [-0.4, -0.2) is 146 Å². The molecule has 3 aromatic heterocycles. The summed E-state index contributed by atoms with van der Waals surface area (Å²) >= 11 is 0. The lowest BCUT2D eigenvalue weighted by atomic mass is 9.86. The Morgan fingerprint density at radius 3 is 2.23 bits per heavy atom. The number of anilines is 4. The number of carbonyl (C=O) groups excluding carboxylic acids is 6. The zero-order valence-corrected chi connectivity index (χ0v) is 38.9. The monoisotopic (exact) mass is 969 g/mol. The average molecular weight is 970 g/mol. The van der Waals surface area contributed by atoms with Gasteiger partial charge in [0.2, 0.25) is 23.7 Å². The van der Waals surface area contributed by atoms with Gasteiger partial charge >= 0.3 is 0 Å². The standard InChI is InChI=1S/C50H53F2N13O6/c51-37-24-35-36(50(71)65(49(35)70)39-8-9-42(66)59-47(39)68)25-40(37)62-16-12-30(13-17-62)48(69)63-14-10-29(11-15-63)26-60-18-20-61(21-19-60)33-6-4-31(5-7-33)56-44-43-45(54-27-53-44)64(28-55-43)34-22-32(23-34)57-46(67)38-2-1-3-41(52)58-38/h1-7,24-25,27-30,32,34,39H,8-23,26H2,(H,57,67)(H,53,54,56)(H,59,66,68)/t32?,34?,39-/m0/s1. The number of nitrogens with zero attached hydrogens (tertiary/aromatic N) is 10. The minimum absolute atomic E-state index is 0.00295. The molecule has 368 valence electrons. The number of aromatic nitrogens is 5. The molecule has 21 heteroatoms. The first-order valence-electron chi connectivity index (χ1n) is 24.5. The third-order valence-electron chi connectivity index (χ3n) is 15.2. The molecule has 0 radical (unpaired) electrons. The molecule has 5 fully saturated rings. The van der Waals surface area contributed by atoms with Crippen molar-refractivity contribution in [3.8, 4) is 0 Å². The van der Waals surface area contributed by atoms with Gasteiger partial charge in [0.05, 0.1) is 23.1 Å². The summed E-state index contributed by atoms with van der Waals surface area (Å²) in [5.41, 5.74) is 3.54. The average Bonchev–Trinajstić information content (AvgIpc) is 3.90. The fourth-order valence-corrected chi connectivity index (χ4v) is 11.1. The van der Waals surface area contributed by atoms with Crippen molar-refractivity contribution < 1.29 is 37.5 Å². The maximum atomic E-state index is 15.5. The molecule has 0 bridgehead atoms. The number of halogens is 2. The highest BCUT2D eigenvalue weighted by atomic mass is 19.1. The van der Waals surface area contributed by atoms with Crippen LogP contribution in [-0.2, 0) is 14.4 Å². The maximum Gasteiger partial charge on any atom is 0.270 e. The Morgan fingerprint density at radius 1 is 0.775 bits per heavy atom. The van der Waals surface area contributed by atoms with Crippen LogP contribution in [0.2, 0.25) is 0 Å². The molecule has 1 atom stereocenters. The second-order valence-electron chi connectivity index (χ2n) is 19.5. The Labute approximate surface area is 407 Å². The number of benzene rings is 2. The van der Waals surface area contributed by atoms with Crippen molar-refractivity contribution in [2.24, 2.45) is 11.8 Å². The Morgan fingerprint density at radius 2 is 1.51 bits per heavy atom. The van der Waals surface area contributed by atoms with Gasteiger partial charge in [-0.2, -0.15) is 4.39 Å². The summed E-state index contributed by atoms with van der Waals surface area (Å²) in [5.74, 6) is -3.29. The Bertz CT molecular complexity index is 2920. The lowest BCUT2D eigenvalue weighted by molar-refractivity contribution is -0.138. The van der Waals surface area contributed by atoms with Gasteiger partial charge in [0.25, 0.3) is 17.7 Å². The molecule has 0 unspecified atom stereocenters. The van der Waals surface area contributed by atoms with Crippen LogP contribution in [0.5, 0.6) is 0 Å².